The van der Waals surface area contributed by atoms with Gasteiger partial charge in [0.05, 0.1) is 24.1 Å². The van der Waals surface area contributed by atoms with Crippen LogP contribution in [0.5, 0.6) is 5.75 Å². The van der Waals surface area contributed by atoms with Gasteiger partial charge in [0.1, 0.15) is 18.2 Å². The van der Waals surface area contributed by atoms with Gasteiger partial charge in [0.25, 0.3) is 0 Å². The fourth-order valence-electron chi connectivity index (χ4n) is 4.75. The van der Waals surface area contributed by atoms with Crippen LogP contribution in [0, 0.1) is 23.1 Å². The number of aryl methyl sites for hydroxylation is 1. The van der Waals surface area contributed by atoms with Gasteiger partial charge in [0, 0.05) is 47.0 Å². The summed E-state index contributed by atoms with van der Waals surface area (Å²) in [6.07, 6.45) is 1.82. The summed E-state index contributed by atoms with van der Waals surface area (Å²) in [6.45, 7) is 4.22. The first kappa shape index (κ1) is 19.0. The van der Waals surface area contributed by atoms with Crippen LogP contribution in [0.25, 0.3) is 10.9 Å². The molecule has 0 bridgehead atoms. The van der Waals surface area contributed by atoms with E-state index in [0.29, 0.717) is 12.4 Å². The molecule has 5 nitrogen and oxygen atoms in total. The van der Waals surface area contributed by atoms with Crippen LogP contribution in [0.3, 0.4) is 0 Å². The van der Waals surface area contributed by atoms with Gasteiger partial charge >= 0.3 is 0 Å². The van der Waals surface area contributed by atoms with Crippen LogP contribution in [-0.4, -0.2) is 35.6 Å². The van der Waals surface area contributed by atoms with Gasteiger partial charge in [-0.2, -0.15) is 5.26 Å². The molecule has 2 N–H and O–H groups in total. The lowest BCUT2D eigenvalue weighted by Gasteiger charge is -2.39. The van der Waals surface area contributed by atoms with Gasteiger partial charge in [-0.25, -0.2) is 4.39 Å². The molecule has 1 saturated heterocycles. The van der Waals surface area contributed by atoms with E-state index in [9.17, 15) is 9.65 Å². The molecule has 0 aliphatic carbocycles. The molecule has 0 spiro atoms. The SMILES string of the molecule is CCc1cc2c(N[C@H]3c4ccc(F)cc4OCC3N3CCC(C#N)C3)cccc2[nH]1. The predicted octanol–water partition coefficient (Wildman–Crippen LogP) is 4.63. The molecule has 0 amide bonds. The minimum Gasteiger partial charge on any atom is -0.491 e. The van der Waals surface area contributed by atoms with E-state index in [-0.39, 0.29) is 23.8 Å². The highest BCUT2D eigenvalue weighted by Crippen LogP contribution is 2.39. The highest BCUT2D eigenvalue weighted by Gasteiger charge is 2.38. The van der Waals surface area contributed by atoms with Crippen LogP contribution in [0.1, 0.15) is 30.6 Å². The molecule has 1 fully saturated rings. The second-order valence-corrected chi connectivity index (χ2v) is 8.21. The average Bonchev–Trinajstić information content (AvgIpc) is 3.41. The Morgan fingerprint density at radius 2 is 2.20 bits per heavy atom. The minimum atomic E-state index is -0.294. The van der Waals surface area contributed by atoms with Gasteiger partial charge in [0.2, 0.25) is 0 Å². The number of aromatic amines is 1. The number of fused-ring (bicyclic) bond motifs is 2. The monoisotopic (exact) mass is 404 g/mol. The molecule has 5 rings (SSSR count). The Kier molecular flexibility index (Phi) is 4.84. The largest absolute Gasteiger partial charge is 0.491 e. The van der Waals surface area contributed by atoms with Crippen molar-refractivity contribution in [2.45, 2.75) is 31.8 Å². The van der Waals surface area contributed by atoms with Crippen molar-refractivity contribution in [3.63, 3.8) is 0 Å². The summed E-state index contributed by atoms with van der Waals surface area (Å²) in [6, 6.07) is 15.6. The lowest BCUT2D eigenvalue weighted by Crippen LogP contribution is -2.47. The predicted molar refractivity (Wildman–Crippen MR) is 115 cm³/mol. The summed E-state index contributed by atoms with van der Waals surface area (Å²) in [5.41, 5.74) is 4.30. The van der Waals surface area contributed by atoms with Gasteiger partial charge in [-0.05, 0) is 37.1 Å². The van der Waals surface area contributed by atoms with E-state index in [0.717, 1.165) is 48.1 Å². The molecule has 3 atom stereocenters. The summed E-state index contributed by atoms with van der Waals surface area (Å²) in [7, 11) is 0. The summed E-state index contributed by atoms with van der Waals surface area (Å²) < 4.78 is 19.8. The molecule has 2 aliphatic rings. The molecule has 3 heterocycles. The number of aromatic nitrogens is 1. The molecule has 1 aromatic heterocycles. The smallest absolute Gasteiger partial charge is 0.127 e. The van der Waals surface area contributed by atoms with Crippen molar-refractivity contribution in [1.29, 1.82) is 5.26 Å². The number of hydrogen-bond donors (Lipinski definition) is 2. The number of hydrogen-bond acceptors (Lipinski definition) is 4. The maximum absolute atomic E-state index is 13.8. The Balaban J connectivity index is 1.54. The standard InChI is InChI=1S/C24H25FN4O/c1-2-17-11-19-20(27-17)4-3-5-21(19)28-24-18-7-6-16(25)10-23(18)30-14-22(24)29-9-8-15(12-26)13-29/h3-7,10-11,15,22,24,27-28H,2,8-9,13-14H2,1H3/t15?,22?,24-/m0/s1. The number of nitrogens with one attached hydrogen (secondary N) is 2. The normalized spacial score (nSPS) is 23.7. The van der Waals surface area contributed by atoms with Gasteiger partial charge < -0.3 is 15.0 Å². The number of nitriles is 1. The number of benzene rings is 2. The molecule has 154 valence electrons. The first-order chi connectivity index (χ1) is 14.7. The average molecular weight is 404 g/mol. The number of halogens is 1. The molecule has 0 radical (unpaired) electrons. The lowest BCUT2D eigenvalue weighted by atomic mass is 9.94. The molecule has 0 saturated carbocycles. The van der Waals surface area contributed by atoms with Gasteiger partial charge in [-0.1, -0.05) is 19.1 Å². The van der Waals surface area contributed by atoms with E-state index < -0.39 is 0 Å². The second-order valence-electron chi connectivity index (χ2n) is 8.21. The van der Waals surface area contributed by atoms with Crippen LogP contribution in [0.4, 0.5) is 10.1 Å². The molecule has 2 aliphatic heterocycles. The maximum Gasteiger partial charge on any atom is 0.127 e. The Morgan fingerprint density at radius 1 is 1.30 bits per heavy atom. The number of rotatable bonds is 4. The van der Waals surface area contributed by atoms with Crippen molar-refractivity contribution in [1.82, 2.24) is 9.88 Å². The third-order valence-electron chi connectivity index (χ3n) is 6.39. The zero-order valence-electron chi connectivity index (χ0n) is 17.0. The fourth-order valence-corrected chi connectivity index (χ4v) is 4.75. The second kappa shape index (κ2) is 7.66. The van der Waals surface area contributed by atoms with E-state index in [2.05, 4.69) is 46.4 Å². The van der Waals surface area contributed by atoms with Crippen LogP contribution in [0.15, 0.2) is 42.5 Å². The quantitative estimate of drug-likeness (QED) is 0.666. The highest BCUT2D eigenvalue weighted by atomic mass is 19.1. The van der Waals surface area contributed by atoms with Gasteiger partial charge in [-0.3, -0.25) is 4.90 Å². The summed E-state index contributed by atoms with van der Waals surface area (Å²) in [5.74, 6) is 0.354. The molecule has 3 aromatic rings. The number of anilines is 1. The third-order valence-corrected chi connectivity index (χ3v) is 6.39. The summed E-state index contributed by atoms with van der Waals surface area (Å²) in [4.78, 5) is 5.81. The Bertz CT molecular complexity index is 1120. The molecule has 2 aromatic carbocycles. The molecular weight excluding hydrogens is 379 g/mol. The third kappa shape index (κ3) is 3.29. The van der Waals surface area contributed by atoms with E-state index in [1.807, 2.05) is 12.1 Å². The zero-order valence-corrected chi connectivity index (χ0v) is 17.0. The van der Waals surface area contributed by atoms with Crippen molar-refractivity contribution >= 4 is 16.6 Å². The van der Waals surface area contributed by atoms with Crippen LogP contribution >= 0.6 is 0 Å². The minimum absolute atomic E-state index is 0.0560. The Hall–Kier alpha value is -3.04. The van der Waals surface area contributed by atoms with E-state index in [1.54, 1.807) is 0 Å². The number of H-pyrrole nitrogens is 1. The van der Waals surface area contributed by atoms with Gasteiger partial charge in [-0.15, -0.1) is 0 Å². The highest BCUT2D eigenvalue weighted by molar-refractivity contribution is 5.92. The van der Waals surface area contributed by atoms with E-state index in [4.69, 9.17) is 4.74 Å². The van der Waals surface area contributed by atoms with Crippen molar-refractivity contribution in [2.24, 2.45) is 5.92 Å². The van der Waals surface area contributed by atoms with E-state index in [1.165, 1.54) is 17.8 Å². The summed E-state index contributed by atoms with van der Waals surface area (Å²) >= 11 is 0. The molecule has 6 heteroatoms. The Labute approximate surface area is 175 Å². The zero-order chi connectivity index (χ0) is 20.7. The van der Waals surface area contributed by atoms with Crippen molar-refractivity contribution in [2.75, 3.05) is 25.0 Å². The van der Waals surface area contributed by atoms with Crippen LogP contribution in [-0.2, 0) is 6.42 Å². The van der Waals surface area contributed by atoms with Crippen LogP contribution < -0.4 is 10.1 Å². The summed E-state index contributed by atoms with van der Waals surface area (Å²) in [5, 5.41) is 14.2. The molecule has 2 unspecified atom stereocenters. The molecular formula is C24H25FN4O. The first-order valence-electron chi connectivity index (χ1n) is 10.6. The van der Waals surface area contributed by atoms with Gasteiger partial charge in [0.15, 0.2) is 0 Å². The topological polar surface area (TPSA) is 64.1 Å². The number of nitrogens with zero attached hydrogens (tertiary/aromatic N) is 2. The van der Waals surface area contributed by atoms with Crippen molar-refractivity contribution in [3.8, 4) is 11.8 Å². The molecule has 30 heavy (non-hydrogen) atoms. The number of ether oxygens (including phenoxy) is 1. The van der Waals surface area contributed by atoms with Crippen LogP contribution in [0.2, 0.25) is 0 Å². The lowest BCUT2D eigenvalue weighted by molar-refractivity contribution is 0.122. The maximum atomic E-state index is 13.8. The Morgan fingerprint density at radius 3 is 3.00 bits per heavy atom. The van der Waals surface area contributed by atoms with Crippen molar-refractivity contribution in [3.05, 3.63) is 59.5 Å². The van der Waals surface area contributed by atoms with E-state index >= 15 is 0 Å². The first-order valence-corrected chi connectivity index (χ1v) is 10.6. The van der Waals surface area contributed by atoms with Crippen molar-refractivity contribution < 1.29 is 9.13 Å². The fraction of sp³-hybridized carbons (Fsp3) is 0.375. The number of likely N-dealkylation sites (tertiary alicyclic amines) is 1.